The Morgan fingerprint density at radius 2 is 1.90 bits per heavy atom. The van der Waals surface area contributed by atoms with Crippen LogP contribution in [0.4, 0.5) is 0 Å². The number of benzene rings is 1. The van der Waals surface area contributed by atoms with Gasteiger partial charge in [0.15, 0.2) is 6.10 Å². The van der Waals surface area contributed by atoms with Crippen molar-refractivity contribution < 1.29 is 14.3 Å². The largest absolute Gasteiger partial charge is 0.481 e. The van der Waals surface area contributed by atoms with Crippen molar-refractivity contribution in [2.24, 2.45) is 0 Å². The Kier molecular flexibility index (Phi) is 6.03. The maximum atomic E-state index is 11.8. The summed E-state index contributed by atoms with van der Waals surface area (Å²) in [4.78, 5) is 23.0. The van der Waals surface area contributed by atoms with E-state index < -0.39 is 6.10 Å². The number of hydrogen-bond acceptors (Lipinski definition) is 3. The molecule has 0 fully saturated rings. The second-order valence-electron chi connectivity index (χ2n) is 4.79. The van der Waals surface area contributed by atoms with Crippen LogP contribution in [0.5, 0.6) is 5.75 Å². The van der Waals surface area contributed by atoms with Crippen molar-refractivity contribution in [2.45, 2.75) is 46.6 Å². The van der Waals surface area contributed by atoms with Crippen LogP contribution in [0.15, 0.2) is 18.2 Å². The van der Waals surface area contributed by atoms with Gasteiger partial charge in [-0.1, -0.05) is 13.0 Å². The first-order valence-corrected chi connectivity index (χ1v) is 6.76. The fraction of sp³-hybridized carbons (Fsp3) is 0.467. The Morgan fingerprint density at radius 1 is 1.20 bits per heavy atom. The molecule has 2 amide bonds. The van der Waals surface area contributed by atoms with Crippen molar-refractivity contribution in [2.75, 3.05) is 0 Å². The fourth-order valence-corrected chi connectivity index (χ4v) is 1.57. The Bertz CT molecular complexity index is 486. The molecule has 0 aliphatic rings. The lowest BCUT2D eigenvalue weighted by molar-refractivity contribution is -0.132. The summed E-state index contributed by atoms with van der Waals surface area (Å²) in [5, 5.41) is 0. The number of nitrogens with one attached hydrogen (secondary N) is 2. The van der Waals surface area contributed by atoms with Crippen molar-refractivity contribution in [1.29, 1.82) is 0 Å². The summed E-state index contributed by atoms with van der Waals surface area (Å²) < 4.78 is 5.54. The molecule has 5 nitrogen and oxygen atoms in total. The van der Waals surface area contributed by atoms with Crippen LogP contribution in [0.1, 0.15) is 37.8 Å². The molecule has 0 radical (unpaired) electrons. The molecular weight excluding hydrogens is 256 g/mol. The topological polar surface area (TPSA) is 67.4 Å². The minimum Gasteiger partial charge on any atom is -0.481 e. The van der Waals surface area contributed by atoms with E-state index in [1.165, 1.54) is 5.56 Å². The minimum atomic E-state index is -0.681. The number of hydrogen-bond donors (Lipinski definition) is 2. The van der Waals surface area contributed by atoms with Crippen LogP contribution >= 0.6 is 0 Å². The summed E-state index contributed by atoms with van der Waals surface area (Å²) in [6, 6.07) is 5.65. The molecule has 1 rings (SSSR count). The predicted molar refractivity (Wildman–Crippen MR) is 77.2 cm³/mol. The zero-order valence-corrected chi connectivity index (χ0v) is 12.4. The van der Waals surface area contributed by atoms with E-state index in [9.17, 15) is 9.59 Å². The quantitative estimate of drug-likeness (QED) is 0.810. The highest BCUT2D eigenvalue weighted by atomic mass is 16.5. The maximum Gasteiger partial charge on any atom is 0.279 e. The van der Waals surface area contributed by atoms with Gasteiger partial charge in [0.25, 0.3) is 5.91 Å². The van der Waals surface area contributed by atoms with Crippen molar-refractivity contribution in [3.8, 4) is 5.75 Å². The fourth-order valence-electron chi connectivity index (χ4n) is 1.57. The molecule has 1 atom stereocenters. The van der Waals surface area contributed by atoms with Crippen molar-refractivity contribution >= 4 is 11.8 Å². The Labute approximate surface area is 119 Å². The molecule has 1 unspecified atom stereocenters. The van der Waals surface area contributed by atoms with E-state index in [-0.39, 0.29) is 11.8 Å². The standard InChI is InChI=1S/C15H22N2O3/c1-5-6-14(18)16-17-15(19)12(4)20-13-8-7-10(2)11(3)9-13/h7-9,12H,5-6H2,1-4H3,(H,16,18)(H,17,19). The van der Waals surface area contributed by atoms with Gasteiger partial charge in [0.2, 0.25) is 5.91 Å². The molecule has 0 heterocycles. The van der Waals surface area contributed by atoms with Crippen LogP contribution in [0.25, 0.3) is 0 Å². The third-order valence-corrected chi connectivity index (χ3v) is 2.96. The highest BCUT2D eigenvalue weighted by molar-refractivity contribution is 5.84. The Balaban J connectivity index is 2.48. The summed E-state index contributed by atoms with van der Waals surface area (Å²) in [5.74, 6) is 0.0440. The monoisotopic (exact) mass is 278 g/mol. The summed E-state index contributed by atoms with van der Waals surface area (Å²) >= 11 is 0. The first kappa shape index (κ1) is 16.0. The SMILES string of the molecule is CCCC(=O)NNC(=O)C(C)Oc1ccc(C)c(C)c1. The van der Waals surface area contributed by atoms with Gasteiger partial charge in [-0.2, -0.15) is 0 Å². The lowest BCUT2D eigenvalue weighted by Crippen LogP contribution is -2.47. The van der Waals surface area contributed by atoms with Gasteiger partial charge in [0, 0.05) is 6.42 Å². The normalized spacial score (nSPS) is 11.6. The van der Waals surface area contributed by atoms with Crippen LogP contribution in [-0.4, -0.2) is 17.9 Å². The average molecular weight is 278 g/mol. The van der Waals surface area contributed by atoms with Crippen molar-refractivity contribution in [3.63, 3.8) is 0 Å². The molecule has 0 aromatic heterocycles. The van der Waals surface area contributed by atoms with E-state index in [1.807, 2.05) is 39.0 Å². The highest BCUT2D eigenvalue weighted by Crippen LogP contribution is 2.17. The smallest absolute Gasteiger partial charge is 0.279 e. The van der Waals surface area contributed by atoms with E-state index in [2.05, 4.69) is 10.9 Å². The summed E-state index contributed by atoms with van der Waals surface area (Å²) in [7, 11) is 0. The van der Waals surface area contributed by atoms with E-state index in [0.717, 1.165) is 12.0 Å². The predicted octanol–water partition coefficient (Wildman–Crippen LogP) is 2.02. The van der Waals surface area contributed by atoms with Crippen LogP contribution < -0.4 is 15.6 Å². The number of carbonyl (C=O) groups excluding carboxylic acids is 2. The molecule has 0 bridgehead atoms. The molecule has 20 heavy (non-hydrogen) atoms. The van der Waals surface area contributed by atoms with Crippen LogP contribution in [0, 0.1) is 13.8 Å². The van der Waals surface area contributed by atoms with Gasteiger partial charge in [-0.05, 0) is 50.5 Å². The zero-order valence-electron chi connectivity index (χ0n) is 12.4. The lowest BCUT2D eigenvalue weighted by atomic mass is 10.1. The third kappa shape index (κ3) is 4.91. The van der Waals surface area contributed by atoms with Gasteiger partial charge >= 0.3 is 0 Å². The molecule has 0 aliphatic heterocycles. The van der Waals surface area contributed by atoms with Gasteiger partial charge in [-0.3, -0.25) is 20.4 Å². The van der Waals surface area contributed by atoms with Gasteiger partial charge in [-0.15, -0.1) is 0 Å². The van der Waals surface area contributed by atoms with E-state index in [4.69, 9.17) is 4.74 Å². The molecule has 0 saturated heterocycles. The lowest BCUT2D eigenvalue weighted by Gasteiger charge is -2.15. The number of amides is 2. The highest BCUT2D eigenvalue weighted by Gasteiger charge is 2.15. The van der Waals surface area contributed by atoms with E-state index in [1.54, 1.807) is 6.92 Å². The summed E-state index contributed by atoms with van der Waals surface area (Å²) in [5.41, 5.74) is 6.97. The summed E-state index contributed by atoms with van der Waals surface area (Å²) in [6.07, 6.45) is 0.433. The van der Waals surface area contributed by atoms with Crippen LogP contribution in [0.3, 0.4) is 0 Å². The Hall–Kier alpha value is -2.04. The third-order valence-electron chi connectivity index (χ3n) is 2.96. The number of rotatable bonds is 5. The number of carbonyl (C=O) groups is 2. The molecule has 1 aromatic rings. The molecule has 1 aromatic carbocycles. The molecule has 0 spiro atoms. The van der Waals surface area contributed by atoms with Crippen molar-refractivity contribution in [1.82, 2.24) is 10.9 Å². The number of ether oxygens (including phenoxy) is 1. The molecule has 2 N–H and O–H groups in total. The van der Waals surface area contributed by atoms with E-state index in [0.29, 0.717) is 12.2 Å². The molecular formula is C15H22N2O3. The van der Waals surface area contributed by atoms with Crippen LogP contribution in [0.2, 0.25) is 0 Å². The van der Waals surface area contributed by atoms with Gasteiger partial charge in [-0.25, -0.2) is 0 Å². The summed E-state index contributed by atoms with van der Waals surface area (Å²) in [6.45, 7) is 7.53. The van der Waals surface area contributed by atoms with E-state index >= 15 is 0 Å². The second kappa shape index (κ2) is 7.53. The van der Waals surface area contributed by atoms with Crippen LogP contribution in [-0.2, 0) is 9.59 Å². The van der Waals surface area contributed by atoms with Crippen molar-refractivity contribution in [3.05, 3.63) is 29.3 Å². The van der Waals surface area contributed by atoms with Gasteiger partial charge in [0.1, 0.15) is 5.75 Å². The number of hydrazine groups is 1. The molecule has 110 valence electrons. The Morgan fingerprint density at radius 3 is 2.50 bits per heavy atom. The molecule has 0 saturated carbocycles. The van der Waals surface area contributed by atoms with Gasteiger partial charge < -0.3 is 4.74 Å². The molecule has 5 heteroatoms. The van der Waals surface area contributed by atoms with Gasteiger partial charge in [0.05, 0.1) is 0 Å². The average Bonchev–Trinajstić information content (AvgIpc) is 2.40. The second-order valence-corrected chi connectivity index (χ2v) is 4.79. The first-order chi connectivity index (χ1) is 9.43. The zero-order chi connectivity index (χ0) is 15.1. The number of aryl methyl sites for hydroxylation is 2. The first-order valence-electron chi connectivity index (χ1n) is 6.76. The molecule has 0 aliphatic carbocycles. The maximum absolute atomic E-state index is 11.8. The minimum absolute atomic E-state index is 0.209.